The number of aromatic nitrogens is 2. The lowest BCUT2D eigenvalue weighted by molar-refractivity contribution is -0.172. The molecule has 3 aliphatic rings. The van der Waals surface area contributed by atoms with Gasteiger partial charge in [0.2, 0.25) is 0 Å². The number of rotatable bonds is 1. The van der Waals surface area contributed by atoms with Gasteiger partial charge in [-0.1, -0.05) is 19.1 Å². The number of ether oxygens (including phenoxy) is 1. The Kier molecular flexibility index (Phi) is 3.82. The third-order valence-corrected chi connectivity index (χ3v) is 7.74. The molecule has 1 aliphatic carbocycles. The van der Waals surface area contributed by atoms with Crippen molar-refractivity contribution in [3.8, 4) is 11.4 Å². The molecule has 0 saturated carbocycles. The highest BCUT2D eigenvalue weighted by atomic mass is 32.1. The van der Waals surface area contributed by atoms with E-state index in [1.807, 2.05) is 17.6 Å². The summed E-state index contributed by atoms with van der Waals surface area (Å²) in [6, 6.07) is 3.36. The molecule has 0 saturated heterocycles. The number of hydrogen-bond acceptors (Lipinski definition) is 5. The van der Waals surface area contributed by atoms with Crippen LogP contribution in [0.25, 0.3) is 22.3 Å². The number of halogens is 1. The fourth-order valence-corrected chi connectivity index (χ4v) is 5.85. The Bertz CT molecular complexity index is 1410. The summed E-state index contributed by atoms with van der Waals surface area (Å²) in [5, 5.41) is 12.2. The number of carbonyl (C=O) groups excluding carboxylic acids is 1. The normalized spacial score (nSPS) is 21.0. The summed E-state index contributed by atoms with van der Waals surface area (Å²) in [4.78, 5) is 17.3. The number of esters is 1. The molecule has 0 spiro atoms. The van der Waals surface area contributed by atoms with E-state index < -0.39 is 11.6 Å². The minimum Gasteiger partial charge on any atom is -0.458 e. The average molecular weight is 437 g/mol. The van der Waals surface area contributed by atoms with Crippen molar-refractivity contribution < 1.29 is 19.0 Å². The first-order valence-electron chi connectivity index (χ1n) is 10.7. The largest absolute Gasteiger partial charge is 0.458 e. The van der Waals surface area contributed by atoms with E-state index in [4.69, 9.17) is 21.9 Å². The van der Waals surface area contributed by atoms with Gasteiger partial charge in [0.1, 0.15) is 17.1 Å². The van der Waals surface area contributed by atoms with Gasteiger partial charge >= 0.3 is 5.97 Å². The number of hydrogen-bond donors (Lipinski definition) is 1. The van der Waals surface area contributed by atoms with Crippen molar-refractivity contribution in [3.63, 3.8) is 0 Å². The fraction of sp³-hybridized carbons (Fsp3) is 0.375. The van der Waals surface area contributed by atoms with Crippen molar-refractivity contribution >= 4 is 29.1 Å². The van der Waals surface area contributed by atoms with Gasteiger partial charge in [-0.25, -0.2) is 14.2 Å². The summed E-state index contributed by atoms with van der Waals surface area (Å²) in [6.45, 7) is 4.23. The smallest absolute Gasteiger partial charge is 0.343 e. The second-order valence-corrected chi connectivity index (χ2v) is 9.12. The Morgan fingerprint density at radius 2 is 2.03 bits per heavy atom. The van der Waals surface area contributed by atoms with E-state index in [1.54, 1.807) is 6.92 Å². The van der Waals surface area contributed by atoms with Crippen molar-refractivity contribution in [1.29, 1.82) is 0 Å². The molecule has 0 amide bonds. The molecule has 31 heavy (non-hydrogen) atoms. The van der Waals surface area contributed by atoms with Crippen LogP contribution in [0.3, 0.4) is 0 Å². The van der Waals surface area contributed by atoms with Crippen molar-refractivity contribution in [2.45, 2.75) is 58.3 Å². The SMILES string of the molecule is CC[C@@]1(O)C(=O)OCc2c1cc1n(c2=S)Cc2c-1nc1cc(F)c(C)c3c1c2CCC3. The summed E-state index contributed by atoms with van der Waals surface area (Å²) in [5.74, 6) is -0.880. The molecule has 2 aromatic heterocycles. The van der Waals surface area contributed by atoms with E-state index in [9.17, 15) is 14.3 Å². The number of nitrogens with zero attached hydrogens (tertiary/aromatic N) is 2. The van der Waals surface area contributed by atoms with Crippen LogP contribution < -0.4 is 0 Å². The van der Waals surface area contributed by atoms with Gasteiger partial charge in [0, 0.05) is 28.1 Å². The number of cyclic esters (lactones) is 1. The van der Waals surface area contributed by atoms with Crippen molar-refractivity contribution in [3.05, 3.63) is 56.0 Å². The predicted molar refractivity (Wildman–Crippen MR) is 116 cm³/mol. The molecule has 0 bridgehead atoms. The maximum absolute atomic E-state index is 14.6. The average Bonchev–Trinajstić information content (AvgIpc) is 3.14. The molecular formula is C24H21FN2O3S. The molecule has 1 aromatic carbocycles. The Hall–Kier alpha value is -2.64. The fourth-order valence-electron chi connectivity index (χ4n) is 5.52. The first kappa shape index (κ1) is 19.1. The topological polar surface area (TPSA) is 64.3 Å². The zero-order valence-electron chi connectivity index (χ0n) is 17.3. The minimum atomic E-state index is -1.72. The number of aliphatic hydroxyl groups is 1. The Balaban J connectivity index is 1.68. The highest BCUT2D eigenvalue weighted by Crippen LogP contribution is 2.44. The Morgan fingerprint density at radius 3 is 2.81 bits per heavy atom. The van der Waals surface area contributed by atoms with Gasteiger partial charge < -0.3 is 14.4 Å². The van der Waals surface area contributed by atoms with Gasteiger partial charge in [-0.05, 0) is 55.4 Å². The van der Waals surface area contributed by atoms with Crippen LogP contribution in [0.5, 0.6) is 0 Å². The number of aryl methyl sites for hydroxylation is 2. The molecule has 158 valence electrons. The van der Waals surface area contributed by atoms with Crippen LogP contribution >= 0.6 is 12.2 Å². The van der Waals surface area contributed by atoms with Crippen molar-refractivity contribution in [2.75, 3.05) is 0 Å². The second kappa shape index (κ2) is 6.20. The quantitative estimate of drug-likeness (QED) is 0.354. The maximum Gasteiger partial charge on any atom is 0.343 e. The second-order valence-electron chi connectivity index (χ2n) is 8.73. The standard InChI is InChI=1S/C24H21FN2O3S/c1-3-24(29)16-7-19-21-14(9-27(19)22(31)15(16)10-30-23(24)28)13-6-4-5-12-11(2)17(25)8-18(26-21)20(12)13/h7-8,29H,3-6,9-10H2,1-2H3/t24-/m0/s1. The summed E-state index contributed by atoms with van der Waals surface area (Å²) >= 11 is 5.78. The first-order chi connectivity index (χ1) is 14.8. The number of benzene rings is 1. The van der Waals surface area contributed by atoms with Crippen molar-refractivity contribution in [2.24, 2.45) is 0 Å². The molecule has 0 unspecified atom stereocenters. The van der Waals surface area contributed by atoms with E-state index in [2.05, 4.69) is 0 Å². The first-order valence-corrected chi connectivity index (χ1v) is 11.1. The maximum atomic E-state index is 14.6. The van der Waals surface area contributed by atoms with Crippen LogP contribution in [-0.4, -0.2) is 20.6 Å². The molecule has 0 radical (unpaired) electrons. The molecule has 2 aliphatic heterocycles. The number of carbonyl (C=O) groups is 1. The predicted octanol–water partition coefficient (Wildman–Crippen LogP) is 4.39. The summed E-state index contributed by atoms with van der Waals surface area (Å²) < 4.78 is 22.5. The van der Waals surface area contributed by atoms with Gasteiger partial charge in [0.25, 0.3) is 0 Å². The minimum absolute atomic E-state index is 0.0583. The number of fused-ring (bicyclic) bond motifs is 5. The van der Waals surface area contributed by atoms with Crippen LogP contribution in [0.1, 0.15) is 53.1 Å². The van der Waals surface area contributed by atoms with Crippen LogP contribution in [0.4, 0.5) is 4.39 Å². The third-order valence-electron chi connectivity index (χ3n) is 7.27. The molecular weight excluding hydrogens is 415 g/mol. The summed E-state index contributed by atoms with van der Waals surface area (Å²) in [6.07, 6.45) is 2.94. The van der Waals surface area contributed by atoms with Gasteiger partial charge in [0.15, 0.2) is 5.60 Å². The Morgan fingerprint density at radius 1 is 1.26 bits per heavy atom. The van der Waals surface area contributed by atoms with Crippen molar-refractivity contribution in [1.82, 2.24) is 9.55 Å². The van der Waals surface area contributed by atoms with Gasteiger partial charge in [0.05, 0.1) is 23.4 Å². The molecule has 0 fully saturated rings. The van der Waals surface area contributed by atoms with E-state index in [1.165, 1.54) is 11.6 Å². The van der Waals surface area contributed by atoms with Gasteiger partial charge in [-0.15, -0.1) is 0 Å². The molecule has 5 nitrogen and oxygen atoms in total. The van der Waals surface area contributed by atoms with E-state index in [0.717, 1.165) is 47.2 Å². The third kappa shape index (κ3) is 2.31. The molecule has 1 N–H and O–H groups in total. The summed E-state index contributed by atoms with van der Waals surface area (Å²) in [5.41, 5.74) is 5.76. The van der Waals surface area contributed by atoms with E-state index in [-0.39, 0.29) is 18.8 Å². The molecule has 3 aromatic rings. The van der Waals surface area contributed by atoms with Crippen LogP contribution in [0.2, 0.25) is 0 Å². The van der Waals surface area contributed by atoms with Gasteiger partial charge in [-0.2, -0.15) is 0 Å². The van der Waals surface area contributed by atoms with Crippen LogP contribution in [0.15, 0.2) is 12.1 Å². The molecule has 7 heteroatoms. The lowest BCUT2D eigenvalue weighted by Gasteiger charge is -2.32. The highest BCUT2D eigenvalue weighted by Gasteiger charge is 2.45. The molecule has 6 rings (SSSR count). The van der Waals surface area contributed by atoms with E-state index >= 15 is 0 Å². The lowest BCUT2D eigenvalue weighted by atomic mass is 9.84. The number of pyridine rings is 2. The van der Waals surface area contributed by atoms with Gasteiger partial charge in [-0.3, -0.25) is 0 Å². The van der Waals surface area contributed by atoms with Crippen LogP contribution in [-0.2, 0) is 41.1 Å². The lowest BCUT2D eigenvalue weighted by Crippen LogP contribution is -2.41. The highest BCUT2D eigenvalue weighted by molar-refractivity contribution is 7.71. The molecule has 1 atom stereocenters. The zero-order valence-corrected chi connectivity index (χ0v) is 18.2. The van der Waals surface area contributed by atoms with E-state index in [0.29, 0.717) is 33.4 Å². The molecule has 4 heterocycles. The summed E-state index contributed by atoms with van der Waals surface area (Å²) in [7, 11) is 0. The van der Waals surface area contributed by atoms with Crippen LogP contribution in [0, 0.1) is 17.4 Å². The Labute approximate surface area is 183 Å². The zero-order chi connectivity index (χ0) is 21.7. The monoisotopic (exact) mass is 436 g/mol.